The Morgan fingerprint density at radius 3 is 1.95 bits per heavy atom. The summed E-state index contributed by atoms with van der Waals surface area (Å²) in [6.45, 7) is 16.7. The summed E-state index contributed by atoms with van der Waals surface area (Å²) in [5.41, 5.74) is 29.1. The number of rotatable bonds is 19. The molecule has 2 aromatic rings. The monoisotopic (exact) mass is 1180 g/mol. The smallest absolute Gasteiger partial charge is 0.862 e. The van der Waals surface area contributed by atoms with Crippen LogP contribution in [0.4, 0.5) is 5.82 Å². The van der Waals surface area contributed by atoms with Gasteiger partial charge in [0.1, 0.15) is 24.1 Å². The van der Waals surface area contributed by atoms with Gasteiger partial charge < -0.3 is 75.1 Å². The number of hydrogen-bond acceptors (Lipinski definition) is 20. The van der Waals surface area contributed by atoms with Crippen molar-refractivity contribution in [3.8, 4) is 0 Å². The Hall–Kier alpha value is -6.94. The standard InChI is InChI=1S/C45H66N10O8.C10H13N5O3.Co/c1-21-36-24(10-13-30(47)57)41(3,4)28(53-36)18-27-23(9-12-29(46)56)43(6,19-33(50)60)39(52-27)22(2)37-25(11-14-31(48)58)44(7,20-34(51)61)45(8,55-37)40-26(17-32(49)59)42(5,38(21)54-40)16-15-35(62)63;1-4-6(16)7(17)10(18-4)15-3-14-5-8(11)12-2-13-9(5)15;/h18,23-26,40,52H,9-17,19-20H2,1-8H3,(H2,46,56)(H2,47,57)(H2,48,58)(H2,49,59)(H2,50,60)(H2,51,61)(H,62,63);2-4,6-7,10,16-17H,1H3,(H2,11,12,13);/q;;+2/p-2/t23-,24-,25-,26+,40-,42-,43+,44+,45+;4-,6-,7-,10-;/m11./s1. The fourth-order valence-electron chi connectivity index (χ4n) is 14.0. The van der Waals surface area contributed by atoms with Crippen molar-refractivity contribution in [2.45, 2.75) is 169 Å². The number of carbonyl (C=O) groups excluding carboxylic acids is 4. The summed E-state index contributed by atoms with van der Waals surface area (Å²) in [7, 11) is 0. The molecule has 1 radical (unpaired) electrons. The van der Waals surface area contributed by atoms with Crippen molar-refractivity contribution in [2.24, 2.45) is 83.2 Å². The predicted molar refractivity (Wildman–Crippen MR) is 295 cm³/mol. The third-order valence-electron chi connectivity index (χ3n) is 18.6. The average molecular weight is 1180 g/mol. The van der Waals surface area contributed by atoms with Gasteiger partial charge >= 0.3 is 22.7 Å². The van der Waals surface area contributed by atoms with Crippen LogP contribution in [0.2, 0.25) is 0 Å². The van der Waals surface area contributed by atoms with Gasteiger partial charge in [-0.1, -0.05) is 34.6 Å². The van der Waals surface area contributed by atoms with E-state index in [-0.39, 0.29) is 93.2 Å². The number of carboxylic acids is 1. The number of carboxylic acid groups (broad SMARTS) is 1. The molecule has 13 atom stereocenters. The molecule has 6 aliphatic rings. The van der Waals surface area contributed by atoms with Gasteiger partial charge in [0, 0.05) is 112 Å². The third kappa shape index (κ3) is 11.6. The molecule has 2 fully saturated rings. The maximum atomic E-state index is 13.4. The van der Waals surface area contributed by atoms with Gasteiger partial charge in [0.15, 0.2) is 17.7 Å². The SMILES string of the molecule is CC1=C2N=C(C=C3NC(=C(C)C4=N[C@@](C)([C@@H]5N=C1[C@](C)(CCC(=O)O)[C@H]5CC(N)=O)[C@@](C)(CC(N)=O)[C@@H]4CCC(N)=O)[C@@](C)(CC(N)=O)[C@@H]3CCC(=N)[O-])C(C)(C)[C@@H]2CCC(=N)[O-].C[C@H]1O[C@@H](n2cnc3c(N)ncnc32)[C@H](O)[C@@H]1O.[Co+2]. The minimum absolute atomic E-state index is 0. The van der Waals surface area contributed by atoms with Crippen LogP contribution in [0.1, 0.15) is 139 Å². The zero-order chi connectivity index (χ0) is 60.2. The summed E-state index contributed by atoms with van der Waals surface area (Å²) in [5, 5.41) is 73.7. The van der Waals surface area contributed by atoms with E-state index in [2.05, 4.69) is 20.3 Å². The van der Waals surface area contributed by atoms with Gasteiger partial charge in [-0.05, 0) is 95.2 Å². The number of nitrogens with one attached hydrogen (secondary N) is 3. The summed E-state index contributed by atoms with van der Waals surface area (Å²) >= 11 is 0. The van der Waals surface area contributed by atoms with E-state index in [0.29, 0.717) is 56.5 Å². The molecule has 27 heteroatoms. The van der Waals surface area contributed by atoms with Gasteiger partial charge in [-0.3, -0.25) is 43.5 Å². The molecule has 4 amide bonds. The molecule has 2 saturated heterocycles. The van der Waals surface area contributed by atoms with E-state index in [1.807, 2.05) is 61.5 Å². The van der Waals surface area contributed by atoms with E-state index in [1.165, 1.54) is 12.7 Å². The number of hydrogen-bond donors (Lipinski definition) is 11. The second-order valence-electron chi connectivity index (χ2n) is 24.1. The van der Waals surface area contributed by atoms with Crippen molar-refractivity contribution in [1.29, 1.82) is 10.8 Å². The number of anilines is 1. The Balaban J connectivity index is 0.000000477. The Kier molecular flexibility index (Phi) is 18.6. The van der Waals surface area contributed by atoms with E-state index in [4.69, 9.17) is 59.2 Å². The first-order valence-electron chi connectivity index (χ1n) is 27.1. The van der Waals surface area contributed by atoms with Gasteiger partial charge in [0.05, 0.1) is 24.0 Å². The fourth-order valence-corrected chi connectivity index (χ4v) is 14.0. The van der Waals surface area contributed by atoms with Gasteiger partial charge in [0.25, 0.3) is 0 Å². The quantitative estimate of drug-likeness (QED) is 0.0692. The number of aliphatic carboxylic acids is 1. The number of ether oxygens (including phenoxy) is 1. The molecule has 26 nitrogen and oxygen atoms in total. The minimum Gasteiger partial charge on any atom is -0.862 e. The largest absolute Gasteiger partial charge is 2.00 e. The second-order valence-corrected chi connectivity index (χ2v) is 24.1. The Morgan fingerprint density at radius 2 is 1.40 bits per heavy atom. The molecule has 0 saturated carbocycles. The molecule has 8 rings (SSSR count). The average Bonchev–Trinajstić information content (AvgIpc) is 2.58. The van der Waals surface area contributed by atoms with Crippen LogP contribution in [0.3, 0.4) is 0 Å². The van der Waals surface area contributed by atoms with Crippen LogP contribution in [-0.2, 0) is 45.5 Å². The van der Waals surface area contributed by atoms with Gasteiger partial charge in [-0.2, -0.15) is 0 Å². The Bertz CT molecular complexity index is 3150. The molecule has 0 spiro atoms. The first kappa shape index (κ1) is 64.2. The number of aliphatic imine (C=N–C) groups is 3. The number of aliphatic hydroxyl groups is 2. The number of nitrogens with zero attached hydrogens (tertiary/aromatic N) is 7. The van der Waals surface area contributed by atoms with Crippen LogP contribution in [0.5, 0.6) is 0 Å². The van der Waals surface area contributed by atoms with Crippen LogP contribution < -0.4 is 44.2 Å². The molecule has 447 valence electrons. The number of imidazole rings is 1. The molecule has 0 aliphatic carbocycles. The first-order chi connectivity index (χ1) is 37.6. The van der Waals surface area contributed by atoms with Crippen LogP contribution >= 0.6 is 0 Å². The Morgan fingerprint density at radius 1 is 0.793 bits per heavy atom. The van der Waals surface area contributed by atoms with Crippen LogP contribution in [0.15, 0.2) is 61.9 Å². The van der Waals surface area contributed by atoms with Crippen molar-refractivity contribution in [3.05, 3.63) is 47.0 Å². The number of nitrogen functional groups attached to an aromatic ring is 1. The van der Waals surface area contributed by atoms with Crippen molar-refractivity contribution < 1.29 is 71.0 Å². The van der Waals surface area contributed by atoms with E-state index in [1.54, 1.807) is 11.5 Å². The molecule has 0 unspecified atom stereocenters. The van der Waals surface area contributed by atoms with Crippen molar-refractivity contribution in [1.82, 2.24) is 24.8 Å². The number of fused-ring (bicyclic) bond motifs is 7. The molecule has 0 aromatic carbocycles. The third-order valence-corrected chi connectivity index (χ3v) is 18.6. The van der Waals surface area contributed by atoms with E-state index in [9.17, 15) is 49.5 Å². The molecule has 2 aromatic heterocycles. The van der Waals surface area contributed by atoms with Crippen molar-refractivity contribution in [2.75, 3.05) is 5.73 Å². The normalized spacial score (nSPS) is 32.5. The summed E-state index contributed by atoms with van der Waals surface area (Å²) in [6.07, 6.45) is 0.685. The summed E-state index contributed by atoms with van der Waals surface area (Å²) in [6, 6.07) is -0.945. The molecule has 82 heavy (non-hydrogen) atoms. The summed E-state index contributed by atoms with van der Waals surface area (Å²) < 4.78 is 7.05. The van der Waals surface area contributed by atoms with Crippen molar-refractivity contribution >= 4 is 75.5 Å². The maximum Gasteiger partial charge on any atom is 2.00 e. The predicted octanol–water partition coefficient (Wildman–Crippen LogP) is 1.07. The van der Waals surface area contributed by atoms with Gasteiger partial charge in [0.2, 0.25) is 23.6 Å². The zero-order valence-electron chi connectivity index (χ0n) is 47.7. The van der Waals surface area contributed by atoms with Crippen LogP contribution in [-0.4, -0.2) is 123 Å². The summed E-state index contributed by atoms with van der Waals surface area (Å²) in [4.78, 5) is 93.0. The Labute approximate surface area is 485 Å². The molecular weight excluding hydrogens is 1110 g/mol. The van der Waals surface area contributed by atoms with Crippen molar-refractivity contribution in [3.63, 3.8) is 0 Å². The molecule has 8 heterocycles. The topological polar surface area (TPSA) is 472 Å². The van der Waals surface area contributed by atoms with Crippen LogP contribution in [0, 0.1) is 56.2 Å². The van der Waals surface area contributed by atoms with E-state index >= 15 is 0 Å². The number of amides is 4. The first-order valence-corrected chi connectivity index (χ1v) is 27.1. The maximum absolute atomic E-state index is 13.4. The van der Waals surface area contributed by atoms with Gasteiger partial charge in [-0.25, -0.2) is 15.0 Å². The number of allylic oxidation sites excluding steroid dienone is 6. The fraction of sp³-hybridized carbons (Fsp3) is 0.618. The molecular formula is C55H77CoN15O11. The molecule has 8 bridgehead atoms. The summed E-state index contributed by atoms with van der Waals surface area (Å²) in [5.74, 6) is -7.51. The van der Waals surface area contributed by atoms with E-state index in [0.717, 1.165) is 0 Å². The number of carbonyl (C=O) groups is 5. The minimum atomic E-state index is -1.41. The second kappa shape index (κ2) is 23.7. The van der Waals surface area contributed by atoms with Crippen LogP contribution in [0.25, 0.3) is 11.2 Å². The molecule has 16 N–H and O–H groups in total. The van der Waals surface area contributed by atoms with E-state index < -0.39 is 123 Å². The number of aliphatic hydroxyl groups excluding tert-OH is 2. The number of primary amides is 4. The number of aromatic nitrogens is 4. The van der Waals surface area contributed by atoms with Gasteiger partial charge in [-0.15, -0.1) is 0 Å². The molecule has 6 aliphatic heterocycles. The zero-order valence-corrected chi connectivity index (χ0v) is 48.7. The number of nitrogens with two attached hydrogens (primary N) is 5.